The van der Waals surface area contributed by atoms with Gasteiger partial charge >= 0.3 is 0 Å². The fourth-order valence-electron chi connectivity index (χ4n) is 1.74. The van der Waals surface area contributed by atoms with Crippen molar-refractivity contribution in [2.45, 2.75) is 6.10 Å². The maximum absolute atomic E-state index is 11.7. The zero-order valence-electron chi connectivity index (χ0n) is 11.0. The Morgan fingerprint density at radius 1 is 1.05 bits per heavy atom. The smallest absolute Gasteiger partial charge is 0.253 e. The number of amides is 1. The van der Waals surface area contributed by atoms with E-state index in [1.165, 1.54) is 0 Å². The van der Waals surface area contributed by atoms with Crippen molar-refractivity contribution in [2.24, 2.45) is 0 Å². The summed E-state index contributed by atoms with van der Waals surface area (Å²) in [6.07, 6.45) is -1.15. The van der Waals surface area contributed by atoms with Crippen molar-refractivity contribution >= 4 is 5.91 Å². The number of ether oxygens (including phenoxy) is 1. The largest absolute Gasteiger partial charge is 0.492 e. The van der Waals surface area contributed by atoms with Gasteiger partial charge in [0.1, 0.15) is 12.4 Å². The quantitative estimate of drug-likeness (QED) is 0.789. The molecule has 0 heterocycles. The van der Waals surface area contributed by atoms with Crippen molar-refractivity contribution in [3.63, 3.8) is 0 Å². The molecule has 1 atom stereocenters. The fraction of sp³-hybridized carbons (Fsp3) is 0.188. The van der Waals surface area contributed by atoms with Gasteiger partial charge in [-0.25, -0.2) is 0 Å². The van der Waals surface area contributed by atoms with E-state index in [9.17, 15) is 9.90 Å². The molecule has 2 aromatic carbocycles. The highest BCUT2D eigenvalue weighted by Crippen LogP contribution is 2.11. The molecule has 4 nitrogen and oxygen atoms in total. The molecule has 1 amide bonds. The van der Waals surface area contributed by atoms with Crippen LogP contribution in [0.15, 0.2) is 60.7 Å². The molecule has 0 aliphatic carbocycles. The predicted octanol–water partition coefficient (Wildman–Crippen LogP) is 1.92. The zero-order valence-corrected chi connectivity index (χ0v) is 11.0. The molecule has 0 aromatic heterocycles. The molecule has 20 heavy (non-hydrogen) atoms. The highest BCUT2D eigenvalue weighted by atomic mass is 16.5. The number of hydrogen-bond acceptors (Lipinski definition) is 3. The molecule has 0 saturated heterocycles. The number of carbonyl (C=O) groups is 1. The third-order valence-corrected chi connectivity index (χ3v) is 2.78. The number of aliphatic hydroxyl groups excluding tert-OH is 1. The second-order valence-corrected chi connectivity index (χ2v) is 4.27. The van der Waals surface area contributed by atoms with Gasteiger partial charge in [-0.2, -0.15) is 0 Å². The van der Waals surface area contributed by atoms with Gasteiger partial charge in [0.15, 0.2) is 6.10 Å². The summed E-state index contributed by atoms with van der Waals surface area (Å²) in [6, 6.07) is 18.2. The molecule has 0 fully saturated rings. The summed E-state index contributed by atoms with van der Waals surface area (Å²) < 4.78 is 5.45. The maximum Gasteiger partial charge on any atom is 0.253 e. The lowest BCUT2D eigenvalue weighted by atomic mass is 10.1. The van der Waals surface area contributed by atoms with E-state index in [1.807, 2.05) is 36.4 Å². The van der Waals surface area contributed by atoms with Crippen LogP contribution in [0.2, 0.25) is 0 Å². The van der Waals surface area contributed by atoms with Gasteiger partial charge in [-0.3, -0.25) is 4.79 Å². The standard InChI is InChI=1S/C16H17NO3/c18-15(13-7-3-1-4-8-13)16(19)17-11-12-20-14-9-5-2-6-10-14/h1-10,15,18H,11-12H2,(H,17,19). The third kappa shape index (κ3) is 4.10. The molecular formula is C16H17NO3. The number of para-hydroxylation sites is 1. The van der Waals surface area contributed by atoms with Crippen LogP contribution in [0.25, 0.3) is 0 Å². The summed E-state index contributed by atoms with van der Waals surface area (Å²) in [7, 11) is 0. The Kier molecular flexibility index (Phi) is 5.15. The summed E-state index contributed by atoms with van der Waals surface area (Å²) in [6.45, 7) is 0.703. The molecule has 0 radical (unpaired) electrons. The van der Waals surface area contributed by atoms with E-state index in [4.69, 9.17) is 4.74 Å². The average molecular weight is 271 g/mol. The van der Waals surface area contributed by atoms with Gasteiger partial charge in [0, 0.05) is 0 Å². The number of nitrogens with one attached hydrogen (secondary N) is 1. The molecule has 0 bridgehead atoms. The maximum atomic E-state index is 11.7. The average Bonchev–Trinajstić information content (AvgIpc) is 2.52. The van der Waals surface area contributed by atoms with Gasteiger partial charge in [0.2, 0.25) is 0 Å². The van der Waals surface area contributed by atoms with Crippen LogP contribution in [-0.2, 0) is 4.79 Å². The predicted molar refractivity (Wildman–Crippen MR) is 76.3 cm³/mol. The Bertz CT molecular complexity index is 528. The van der Waals surface area contributed by atoms with Crippen molar-refractivity contribution < 1.29 is 14.6 Å². The van der Waals surface area contributed by atoms with Crippen LogP contribution < -0.4 is 10.1 Å². The van der Waals surface area contributed by atoms with Gasteiger partial charge in [0.25, 0.3) is 5.91 Å². The van der Waals surface area contributed by atoms with Crippen LogP contribution in [0.1, 0.15) is 11.7 Å². The molecule has 2 N–H and O–H groups in total. The van der Waals surface area contributed by atoms with E-state index >= 15 is 0 Å². The van der Waals surface area contributed by atoms with Crippen molar-refractivity contribution in [2.75, 3.05) is 13.2 Å². The molecule has 2 aromatic rings. The van der Waals surface area contributed by atoms with Crippen LogP contribution >= 0.6 is 0 Å². The molecule has 104 valence electrons. The lowest BCUT2D eigenvalue weighted by molar-refractivity contribution is -0.129. The second kappa shape index (κ2) is 7.31. The SMILES string of the molecule is O=C(NCCOc1ccccc1)C(O)c1ccccc1. The highest BCUT2D eigenvalue weighted by molar-refractivity contribution is 5.81. The van der Waals surface area contributed by atoms with E-state index in [0.29, 0.717) is 18.7 Å². The first-order valence-corrected chi connectivity index (χ1v) is 6.46. The van der Waals surface area contributed by atoms with Gasteiger partial charge in [-0.15, -0.1) is 0 Å². The lowest BCUT2D eigenvalue weighted by Gasteiger charge is -2.12. The molecule has 2 rings (SSSR count). The van der Waals surface area contributed by atoms with Gasteiger partial charge in [-0.1, -0.05) is 48.5 Å². The first kappa shape index (κ1) is 14.1. The van der Waals surface area contributed by atoms with Gasteiger partial charge in [-0.05, 0) is 17.7 Å². The van der Waals surface area contributed by atoms with Gasteiger partial charge < -0.3 is 15.2 Å². The number of rotatable bonds is 6. The molecule has 1 unspecified atom stereocenters. The van der Waals surface area contributed by atoms with Crippen LogP contribution in [0.5, 0.6) is 5.75 Å². The monoisotopic (exact) mass is 271 g/mol. The molecule has 4 heteroatoms. The van der Waals surface area contributed by atoms with Crippen molar-refractivity contribution in [3.8, 4) is 5.75 Å². The molecule has 0 spiro atoms. The van der Waals surface area contributed by atoms with Crippen LogP contribution in [0.3, 0.4) is 0 Å². The third-order valence-electron chi connectivity index (χ3n) is 2.78. The minimum absolute atomic E-state index is 0.345. The van der Waals surface area contributed by atoms with Crippen molar-refractivity contribution in [1.29, 1.82) is 0 Å². The zero-order chi connectivity index (χ0) is 14.2. The summed E-state index contributed by atoms with van der Waals surface area (Å²) in [5, 5.41) is 12.5. The summed E-state index contributed by atoms with van der Waals surface area (Å²) >= 11 is 0. The number of benzene rings is 2. The molecule has 0 aliphatic heterocycles. The summed E-state index contributed by atoms with van der Waals surface area (Å²) in [5.74, 6) is 0.332. The fourth-order valence-corrected chi connectivity index (χ4v) is 1.74. The van der Waals surface area contributed by atoms with Crippen molar-refractivity contribution in [1.82, 2.24) is 5.32 Å². The number of aliphatic hydroxyl groups is 1. The summed E-state index contributed by atoms with van der Waals surface area (Å²) in [5.41, 5.74) is 0.578. The van der Waals surface area contributed by atoms with Gasteiger partial charge in [0.05, 0.1) is 6.54 Å². The normalized spacial score (nSPS) is 11.7. The Morgan fingerprint density at radius 3 is 2.30 bits per heavy atom. The molecular weight excluding hydrogens is 254 g/mol. The van der Waals surface area contributed by atoms with Crippen LogP contribution in [-0.4, -0.2) is 24.2 Å². The van der Waals surface area contributed by atoms with Crippen LogP contribution in [0.4, 0.5) is 0 Å². The minimum atomic E-state index is -1.15. The molecule has 0 aliphatic rings. The van der Waals surface area contributed by atoms with E-state index in [-0.39, 0.29) is 0 Å². The summed E-state index contributed by atoms with van der Waals surface area (Å²) in [4.78, 5) is 11.7. The number of carbonyl (C=O) groups excluding carboxylic acids is 1. The number of hydrogen-bond donors (Lipinski definition) is 2. The van der Waals surface area contributed by atoms with E-state index in [1.54, 1.807) is 24.3 Å². The Balaban J connectivity index is 1.73. The first-order chi connectivity index (χ1) is 9.77. The Morgan fingerprint density at radius 2 is 1.65 bits per heavy atom. The highest BCUT2D eigenvalue weighted by Gasteiger charge is 2.15. The topological polar surface area (TPSA) is 58.6 Å². The van der Waals surface area contributed by atoms with Crippen LogP contribution in [0, 0.1) is 0 Å². The minimum Gasteiger partial charge on any atom is -0.492 e. The second-order valence-electron chi connectivity index (χ2n) is 4.27. The first-order valence-electron chi connectivity index (χ1n) is 6.46. The van der Waals surface area contributed by atoms with E-state index in [0.717, 1.165) is 5.75 Å². The molecule has 0 saturated carbocycles. The van der Waals surface area contributed by atoms with E-state index in [2.05, 4.69) is 5.32 Å². The Labute approximate surface area is 118 Å². The Hall–Kier alpha value is -2.33. The van der Waals surface area contributed by atoms with Crippen molar-refractivity contribution in [3.05, 3.63) is 66.2 Å². The van der Waals surface area contributed by atoms with E-state index < -0.39 is 12.0 Å². The lowest BCUT2D eigenvalue weighted by Crippen LogP contribution is -2.32.